The Morgan fingerprint density at radius 2 is 1.81 bits per heavy atom. The van der Waals surface area contributed by atoms with Gasteiger partial charge in [0.1, 0.15) is 0 Å². The van der Waals surface area contributed by atoms with E-state index in [-0.39, 0.29) is 4.90 Å². The van der Waals surface area contributed by atoms with Crippen LogP contribution in [0.4, 0.5) is 24.5 Å². The lowest BCUT2D eigenvalue weighted by Crippen LogP contribution is -2.28. The van der Waals surface area contributed by atoms with Gasteiger partial charge >= 0.3 is 6.18 Å². The number of para-hydroxylation sites is 1. The van der Waals surface area contributed by atoms with Crippen LogP contribution in [0.15, 0.2) is 52.3 Å². The van der Waals surface area contributed by atoms with E-state index < -0.39 is 32.2 Å². The zero-order valence-electron chi connectivity index (χ0n) is 15.0. The highest BCUT2D eigenvalue weighted by molar-refractivity contribution is 7.91. The zero-order chi connectivity index (χ0) is 20.2. The number of hydrogen-bond acceptors (Lipinski definition) is 5. The van der Waals surface area contributed by atoms with Crippen LogP contribution in [0.5, 0.6) is 0 Å². The number of benzene rings is 2. The van der Waals surface area contributed by atoms with Gasteiger partial charge in [0, 0.05) is 25.9 Å². The Morgan fingerprint density at radius 1 is 1.15 bits per heavy atom. The van der Waals surface area contributed by atoms with Crippen LogP contribution in [0.2, 0.25) is 0 Å². The Morgan fingerprint density at radius 3 is 2.41 bits per heavy atom. The molecule has 0 atom stereocenters. The first-order valence-corrected chi connectivity index (χ1v) is 9.66. The third-order valence-corrected chi connectivity index (χ3v) is 5.88. The maximum atomic E-state index is 13.1. The Bertz CT molecular complexity index is 899. The molecule has 5 nitrogen and oxygen atoms in total. The molecule has 0 fully saturated rings. The van der Waals surface area contributed by atoms with Crippen LogP contribution in [0, 0.1) is 0 Å². The minimum Gasteiger partial charge on any atom is -0.398 e. The normalized spacial score (nSPS) is 12.2. The van der Waals surface area contributed by atoms with Crippen molar-refractivity contribution in [2.45, 2.75) is 22.9 Å². The van der Waals surface area contributed by atoms with Gasteiger partial charge < -0.3 is 15.4 Å². The third-order valence-electron chi connectivity index (χ3n) is 4.08. The van der Waals surface area contributed by atoms with E-state index in [2.05, 4.69) is 0 Å². The fraction of sp³-hybridized carbons (Fsp3) is 0.333. The number of methoxy groups -OCH3 is 1. The van der Waals surface area contributed by atoms with Crippen molar-refractivity contribution in [1.82, 2.24) is 0 Å². The van der Waals surface area contributed by atoms with Gasteiger partial charge in [-0.3, -0.25) is 0 Å². The molecule has 0 aromatic heterocycles. The number of anilines is 2. The van der Waals surface area contributed by atoms with Gasteiger partial charge in [-0.2, -0.15) is 13.2 Å². The summed E-state index contributed by atoms with van der Waals surface area (Å²) in [5.41, 5.74) is 4.08. The van der Waals surface area contributed by atoms with Gasteiger partial charge in [-0.15, -0.1) is 0 Å². The Kier molecular flexibility index (Phi) is 6.38. The summed E-state index contributed by atoms with van der Waals surface area (Å²) in [7, 11) is -2.66. The highest BCUT2D eigenvalue weighted by atomic mass is 32.2. The molecule has 2 aromatic carbocycles. The van der Waals surface area contributed by atoms with Crippen LogP contribution in [-0.4, -0.2) is 35.2 Å². The molecule has 0 saturated heterocycles. The van der Waals surface area contributed by atoms with Crippen LogP contribution in [0.1, 0.15) is 12.5 Å². The van der Waals surface area contributed by atoms with Gasteiger partial charge in [0.2, 0.25) is 9.84 Å². The number of ether oxygens (including phenoxy) is 1. The minimum atomic E-state index is -4.75. The fourth-order valence-corrected chi connectivity index (χ4v) is 4.18. The summed E-state index contributed by atoms with van der Waals surface area (Å²) in [4.78, 5) is 1.26. The summed E-state index contributed by atoms with van der Waals surface area (Å²) in [6.45, 7) is 3.17. The molecule has 2 rings (SSSR count). The second-order valence-corrected chi connectivity index (χ2v) is 7.71. The first kappa shape index (κ1) is 21.0. The van der Waals surface area contributed by atoms with Crippen molar-refractivity contribution < 1.29 is 26.3 Å². The average molecular weight is 402 g/mol. The number of nitrogen functional groups attached to an aromatic ring is 1. The van der Waals surface area contributed by atoms with Gasteiger partial charge in [0.05, 0.1) is 27.6 Å². The summed E-state index contributed by atoms with van der Waals surface area (Å²) in [5, 5.41) is 0. The molecule has 0 spiro atoms. The molecular formula is C18H21F3N2O3S. The van der Waals surface area contributed by atoms with E-state index in [0.29, 0.717) is 31.5 Å². The van der Waals surface area contributed by atoms with Gasteiger partial charge in [-0.1, -0.05) is 12.1 Å². The molecule has 0 unspecified atom stereocenters. The molecule has 9 heteroatoms. The predicted molar refractivity (Wildman–Crippen MR) is 97.5 cm³/mol. The molecule has 0 aliphatic heterocycles. The number of hydrogen-bond donors (Lipinski definition) is 1. The Hall–Kier alpha value is -2.26. The van der Waals surface area contributed by atoms with Crippen LogP contribution >= 0.6 is 0 Å². The summed E-state index contributed by atoms with van der Waals surface area (Å²) in [6.07, 6.45) is -4.75. The summed E-state index contributed by atoms with van der Waals surface area (Å²) < 4.78 is 70.6. The molecule has 148 valence electrons. The molecule has 0 aliphatic rings. The first-order chi connectivity index (χ1) is 12.6. The van der Waals surface area contributed by atoms with E-state index in [1.807, 2.05) is 6.92 Å². The molecule has 0 aliphatic carbocycles. The van der Waals surface area contributed by atoms with E-state index >= 15 is 0 Å². The smallest absolute Gasteiger partial charge is 0.398 e. The lowest BCUT2D eigenvalue weighted by atomic mass is 10.2. The summed E-state index contributed by atoms with van der Waals surface area (Å²) in [6, 6.07) is 8.82. The van der Waals surface area contributed by atoms with E-state index in [1.165, 1.54) is 19.2 Å². The van der Waals surface area contributed by atoms with E-state index in [0.717, 1.165) is 12.1 Å². The maximum Gasteiger partial charge on any atom is 0.418 e. The van der Waals surface area contributed by atoms with Crippen molar-refractivity contribution >= 4 is 21.2 Å². The number of halogens is 3. The van der Waals surface area contributed by atoms with Crippen LogP contribution in [0.3, 0.4) is 0 Å². The van der Waals surface area contributed by atoms with Crippen molar-refractivity contribution in [2.24, 2.45) is 0 Å². The second kappa shape index (κ2) is 8.18. The van der Waals surface area contributed by atoms with Crippen LogP contribution < -0.4 is 10.6 Å². The summed E-state index contributed by atoms with van der Waals surface area (Å²) >= 11 is 0. The number of nitrogens with zero attached hydrogens (tertiary/aromatic N) is 1. The van der Waals surface area contributed by atoms with E-state index in [1.54, 1.807) is 17.0 Å². The number of likely N-dealkylation sites (N-methyl/N-ethyl adjacent to an activating group) is 1. The third kappa shape index (κ3) is 4.54. The highest BCUT2D eigenvalue weighted by Gasteiger charge is 2.35. The maximum absolute atomic E-state index is 13.1. The number of alkyl halides is 3. The Balaban J connectivity index is 2.59. The van der Waals surface area contributed by atoms with Gasteiger partial charge in [0.15, 0.2) is 0 Å². The monoisotopic (exact) mass is 402 g/mol. The average Bonchev–Trinajstić information content (AvgIpc) is 2.62. The minimum absolute atomic E-state index is 0.0687. The summed E-state index contributed by atoms with van der Waals surface area (Å²) in [5.74, 6) is 0. The standard InChI is InChI=1S/C18H21F3N2O3S/c1-3-23(10-11-26-2)16-6-4-5-7-17(16)27(24,25)13-8-9-15(22)14(12-13)18(19,20)21/h4-9,12H,3,10-11,22H2,1-2H3. The number of rotatable bonds is 7. The quantitative estimate of drug-likeness (QED) is 0.717. The Labute approximate surface area is 156 Å². The fourth-order valence-electron chi connectivity index (χ4n) is 2.67. The number of sulfone groups is 1. The van der Waals surface area contributed by atoms with Crippen LogP contribution in [-0.2, 0) is 20.8 Å². The molecule has 0 amide bonds. The second-order valence-electron chi connectivity index (χ2n) is 5.79. The lowest BCUT2D eigenvalue weighted by Gasteiger charge is -2.25. The molecule has 0 bridgehead atoms. The van der Waals surface area contributed by atoms with Crippen molar-refractivity contribution in [1.29, 1.82) is 0 Å². The van der Waals surface area contributed by atoms with Gasteiger partial charge in [-0.05, 0) is 37.3 Å². The van der Waals surface area contributed by atoms with Crippen molar-refractivity contribution in [2.75, 3.05) is 37.4 Å². The van der Waals surface area contributed by atoms with E-state index in [4.69, 9.17) is 10.5 Å². The SMILES string of the molecule is CCN(CCOC)c1ccccc1S(=O)(=O)c1ccc(N)c(C(F)(F)F)c1. The molecule has 27 heavy (non-hydrogen) atoms. The van der Waals surface area contributed by atoms with Crippen molar-refractivity contribution in [3.63, 3.8) is 0 Å². The molecule has 2 aromatic rings. The first-order valence-electron chi connectivity index (χ1n) is 8.17. The largest absolute Gasteiger partial charge is 0.418 e. The van der Waals surface area contributed by atoms with Gasteiger partial charge in [0.25, 0.3) is 0 Å². The van der Waals surface area contributed by atoms with Crippen LogP contribution in [0.25, 0.3) is 0 Å². The molecule has 0 saturated carbocycles. The highest BCUT2D eigenvalue weighted by Crippen LogP contribution is 2.37. The molecule has 0 heterocycles. The molecule has 2 N–H and O–H groups in total. The molecule has 0 radical (unpaired) electrons. The predicted octanol–water partition coefficient (Wildman–Crippen LogP) is 3.59. The topological polar surface area (TPSA) is 72.6 Å². The lowest BCUT2D eigenvalue weighted by molar-refractivity contribution is -0.137. The van der Waals surface area contributed by atoms with E-state index in [9.17, 15) is 21.6 Å². The van der Waals surface area contributed by atoms with Gasteiger partial charge in [-0.25, -0.2) is 8.42 Å². The van der Waals surface area contributed by atoms with Crippen molar-refractivity contribution in [3.05, 3.63) is 48.0 Å². The zero-order valence-corrected chi connectivity index (χ0v) is 15.8. The number of nitrogens with two attached hydrogens (primary N) is 1. The molecular weight excluding hydrogens is 381 g/mol. The van der Waals surface area contributed by atoms with Crippen molar-refractivity contribution in [3.8, 4) is 0 Å².